The second-order valence-electron chi connectivity index (χ2n) is 5.16. The van der Waals surface area contributed by atoms with Gasteiger partial charge in [-0.05, 0) is 60.4 Å². The van der Waals surface area contributed by atoms with Gasteiger partial charge < -0.3 is 5.11 Å². The summed E-state index contributed by atoms with van der Waals surface area (Å²) in [6.07, 6.45) is 6.38. The first-order valence-corrected chi connectivity index (χ1v) is 6.88. The second kappa shape index (κ2) is 3.57. The van der Waals surface area contributed by atoms with Crippen LogP contribution in [0.4, 0.5) is 0 Å². The first kappa shape index (κ1) is 10.8. The zero-order chi connectivity index (χ0) is 11.3. The van der Waals surface area contributed by atoms with E-state index in [-0.39, 0.29) is 0 Å². The molecule has 3 unspecified atom stereocenters. The molecule has 0 aliphatic heterocycles. The molecule has 3 nitrogen and oxygen atoms in total. The highest BCUT2D eigenvalue weighted by Gasteiger charge is 2.53. The Morgan fingerprint density at radius 3 is 3.00 bits per heavy atom. The number of fused-ring (bicyclic) bond motifs is 2. The van der Waals surface area contributed by atoms with Crippen LogP contribution in [0.1, 0.15) is 38.3 Å². The van der Waals surface area contributed by atoms with Crippen LogP contribution in [0.5, 0.6) is 0 Å². The molecule has 1 aromatic rings. The molecule has 2 aliphatic rings. The number of hydrogen-bond acceptors (Lipinski definition) is 2. The smallest absolute Gasteiger partial charge is 0.110 e. The molecule has 1 N–H and O–H groups in total. The molecule has 3 rings (SSSR count). The fourth-order valence-electron chi connectivity index (χ4n) is 3.62. The predicted molar refractivity (Wildman–Crippen MR) is 64.9 cm³/mol. The van der Waals surface area contributed by atoms with Crippen LogP contribution >= 0.6 is 15.9 Å². The first-order chi connectivity index (χ1) is 7.65. The Bertz CT molecular complexity index is 417. The lowest BCUT2D eigenvalue weighted by Gasteiger charge is -2.33. The molecular formula is C12H17BrN2O. The van der Waals surface area contributed by atoms with Crippen molar-refractivity contribution in [2.75, 3.05) is 0 Å². The molecule has 2 bridgehead atoms. The fourth-order valence-corrected chi connectivity index (χ4v) is 4.26. The maximum absolute atomic E-state index is 10.9. The van der Waals surface area contributed by atoms with Crippen molar-refractivity contribution in [1.82, 2.24) is 9.78 Å². The maximum atomic E-state index is 10.9. The van der Waals surface area contributed by atoms with Crippen molar-refractivity contribution < 1.29 is 5.11 Å². The highest BCUT2D eigenvalue weighted by molar-refractivity contribution is 9.10. The molecule has 4 heteroatoms. The summed E-state index contributed by atoms with van der Waals surface area (Å²) in [7, 11) is 0. The average molecular weight is 285 g/mol. The molecule has 2 saturated carbocycles. The van der Waals surface area contributed by atoms with E-state index in [1.807, 2.05) is 10.9 Å². The van der Waals surface area contributed by atoms with Gasteiger partial charge in [0.2, 0.25) is 0 Å². The number of aliphatic hydroxyl groups is 1. The third kappa shape index (κ3) is 1.32. The summed E-state index contributed by atoms with van der Waals surface area (Å²) in [4.78, 5) is 0. The van der Waals surface area contributed by atoms with Crippen molar-refractivity contribution in [3.63, 3.8) is 0 Å². The van der Waals surface area contributed by atoms with Crippen molar-refractivity contribution in [3.8, 4) is 0 Å². The number of hydrogen-bond donors (Lipinski definition) is 1. The maximum Gasteiger partial charge on any atom is 0.110 e. The van der Waals surface area contributed by atoms with Crippen LogP contribution < -0.4 is 0 Å². The van der Waals surface area contributed by atoms with Gasteiger partial charge in [-0.3, -0.25) is 4.68 Å². The Labute approximate surface area is 104 Å². The lowest BCUT2D eigenvalue weighted by Crippen LogP contribution is -2.35. The fraction of sp³-hybridized carbons (Fsp3) is 0.750. The van der Waals surface area contributed by atoms with Crippen LogP contribution in [0.25, 0.3) is 0 Å². The van der Waals surface area contributed by atoms with E-state index < -0.39 is 5.60 Å². The van der Waals surface area contributed by atoms with Crippen LogP contribution in [-0.2, 0) is 12.1 Å². The summed E-state index contributed by atoms with van der Waals surface area (Å²) >= 11 is 3.53. The number of halogens is 1. The molecule has 0 saturated heterocycles. The molecule has 0 spiro atoms. The first-order valence-electron chi connectivity index (χ1n) is 6.09. The summed E-state index contributed by atoms with van der Waals surface area (Å²) in [5.41, 5.74) is 0.371. The number of nitrogens with zero attached hydrogens (tertiary/aromatic N) is 2. The largest absolute Gasteiger partial charge is 0.383 e. The third-order valence-corrected chi connectivity index (χ3v) is 4.90. The van der Waals surface area contributed by atoms with Crippen molar-refractivity contribution in [3.05, 3.63) is 16.4 Å². The summed E-state index contributed by atoms with van der Waals surface area (Å²) in [5, 5.41) is 15.3. The van der Waals surface area contributed by atoms with Gasteiger partial charge in [-0.15, -0.1) is 0 Å². The Morgan fingerprint density at radius 2 is 2.44 bits per heavy atom. The van der Waals surface area contributed by atoms with E-state index in [0.717, 1.165) is 29.1 Å². The molecule has 2 fully saturated rings. The highest BCUT2D eigenvalue weighted by Crippen LogP contribution is 2.56. The van der Waals surface area contributed by atoms with Gasteiger partial charge in [0, 0.05) is 6.54 Å². The van der Waals surface area contributed by atoms with E-state index in [1.165, 1.54) is 19.3 Å². The van der Waals surface area contributed by atoms with Gasteiger partial charge in [0.1, 0.15) is 5.60 Å². The van der Waals surface area contributed by atoms with Crippen LogP contribution in [-0.4, -0.2) is 14.9 Å². The summed E-state index contributed by atoms with van der Waals surface area (Å²) in [6.45, 7) is 2.89. The minimum Gasteiger partial charge on any atom is -0.383 e. The Hall–Kier alpha value is -0.350. The van der Waals surface area contributed by atoms with E-state index in [0.29, 0.717) is 5.92 Å². The SMILES string of the molecule is CCn1ncc(Br)c1C1(O)CC2CCC1C2. The average Bonchev–Trinajstić information content (AvgIpc) is 2.91. The van der Waals surface area contributed by atoms with Crippen molar-refractivity contribution >= 4 is 15.9 Å². The summed E-state index contributed by atoms with van der Waals surface area (Å²) in [6, 6.07) is 0. The van der Waals surface area contributed by atoms with Crippen LogP contribution in [0.3, 0.4) is 0 Å². The standard InChI is InChI=1S/C12H17BrN2O/c1-2-15-11(10(13)7-14-15)12(16)6-8-3-4-9(12)5-8/h7-9,16H,2-6H2,1H3. The van der Waals surface area contributed by atoms with Gasteiger partial charge in [0.25, 0.3) is 0 Å². The minimum atomic E-state index is -0.631. The molecule has 2 aliphatic carbocycles. The summed E-state index contributed by atoms with van der Waals surface area (Å²) < 4.78 is 2.90. The molecule has 0 amide bonds. The zero-order valence-corrected chi connectivity index (χ0v) is 11.1. The predicted octanol–water partition coefficient (Wildman–Crippen LogP) is 2.67. The van der Waals surface area contributed by atoms with Crippen molar-refractivity contribution in [1.29, 1.82) is 0 Å². The lowest BCUT2D eigenvalue weighted by atomic mass is 9.81. The Morgan fingerprint density at radius 1 is 1.62 bits per heavy atom. The minimum absolute atomic E-state index is 0.441. The number of aromatic nitrogens is 2. The third-order valence-electron chi connectivity index (χ3n) is 4.32. The zero-order valence-electron chi connectivity index (χ0n) is 9.49. The summed E-state index contributed by atoms with van der Waals surface area (Å²) in [5.74, 6) is 1.16. The van der Waals surface area contributed by atoms with Crippen LogP contribution in [0.2, 0.25) is 0 Å². The normalized spacial score (nSPS) is 37.2. The van der Waals surface area contributed by atoms with E-state index in [1.54, 1.807) is 0 Å². The lowest BCUT2D eigenvalue weighted by molar-refractivity contribution is -0.0266. The van der Waals surface area contributed by atoms with E-state index >= 15 is 0 Å². The molecule has 1 heterocycles. The van der Waals surface area contributed by atoms with E-state index in [4.69, 9.17) is 0 Å². The number of rotatable bonds is 2. The number of aryl methyl sites for hydroxylation is 1. The monoisotopic (exact) mass is 284 g/mol. The van der Waals surface area contributed by atoms with Gasteiger partial charge in [0.15, 0.2) is 0 Å². The van der Waals surface area contributed by atoms with Crippen molar-refractivity contribution in [2.45, 2.75) is 44.8 Å². The molecule has 3 atom stereocenters. The van der Waals surface area contributed by atoms with E-state index in [9.17, 15) is 5.11 Å². The van der Waals surface area contributed by atoms with Gasteiger partial charge in [-0.25, -0.2) is 0 Å². The van der Waals surface area contributed by atoms with Crippen LogP contribution in [0, 0.1) is 11.8 Å². The molecule has 0 aromatic carbocycles. The topological polar surface area (TPSA) is 38.0 Å². The molecule has 88 valence electrons. The van der Waals surface area contributed by atoms with Gasteiger partial charge in [0.05, 0.1) is 16.4 Å². The molecular weight excluding hydrogens is 268 g/mol. The quantitative estimate of drug-likeness (QED) is 0.907. The molecule has 1 aromatic heterocycles. The Balaban J connectivity index is 2.05. The Kier molecular flexibility index (Phi) is 2.41. The molecule has 16 heavy (non-hydrogen) atoms. The van der Waals surface area contributed by atoms with Gasteiger partial charge in [-0.1, -0.05) is 0 Å². The van der Waals surface area contributed by atoms with Gasteiger partial charge >= 0.3 is 0 Å². The van der Waals surface area contributed by atoms with Gasteiger partial charge in [-0.2, -0.15) is 5.10 Å². The van der Waals surface area contributed by atoms with Crippen molar-refractivity contribution in [2.24, 2.45) is 11.8 Å². The van der Waals surface area contributed by atoms with Crippen LogP contribution in [0.15, 0.2) is 10.7 Å². The van der Waals surface area contributed by atoms with E-state index in [2.05, 4.69) is 28.0 Å². The second-order valence-corrected chi connectivity index (χ2v) is 6.02. The highest BCUT2D eigenvalue weighted by atomic mass is 79.9. The molecule has 0 radical (unpaired) electrons.